The third-order valence-electron chi connectivity index (χ3n) is 4.41. The molecule has 0 aromatic heterocycles. The molecule has 1 heterocycles. The Kier molecular flexibility index (Phi) is 5.83. The van der Waals surface area contributed by atoms with Gasteiger partial charge in [0, 0.05) is 19.6 Å². The van der Waals surface area contributed by atoms with Crippen molar-refractivity contribution < 1.29 is 9.13 Å². The topological polar surface area (TPSA) is 24.5 Å². The molecule has 4 heteroatoms. The van der Waals surface area contributed by atoms with Gasteiger partial charge in [0.25, 0.3) is 0 Å². The zero-order valence-electron chi connectivity index (χ0n) is 14.2. The first-order valence-corrected chi connectivity index (χ1v) is 8.71. The SMILES string of the molecule is CCOc1cccc(C(c2ccc(F)cc2)N2CCCNCC2)c1. The normalized spacial score (nSPS) is 17.2. The van der Waals surface area contributed by atoms with Crippen LogP contribution in [0.4, 0.5) is 4.39 Å². The maximum atomic E-state index is 13.4. The van der Waals surface area contributed by atoms with Gasteiger partial charge >= 0.3 is 0 Å². The molecule has 1 aliphatic heterocycles. The van der Waals surface area contributed by atoms with Crippen molar-refractivity contribution in [3.63, 3.8) is 0 Å². The molecule has 1 saturated heterocycles. The molecule has 0 aliphatic carbocycles. The van der Waals surface area contributed by atoms with Gasteiger partial charge in [-0.05, 0) is 55.3 Å². The smallest absolute Gasteiger partial charge is 0.123 e. The number of ether oxygens (including phenoxy) is 1. The Labute approximate surface area is 143 Å². The van der Waals surface area contributed by atoms with Gasteiger partial charge in [-0.15, -0.1) is 0 Å². The van der Waals surface area contributed by atoms with E-state index in [1.165, 1.54) is 5.56 Å². The second-order valence-corrected chi connectivity index (χ2v) is 6.10. The summed E-state index contributed by atoms with van der Waals surface area (Å²) in [5.74, 6) is 0.688. The first kappa shape index (κ1) is 16.9. The Hall–Kier alpha value is -1.91. The lowest BCUT2D eigenvalue weighted by Crippen LogP contribution is -2.33. The summed E-state index contributed by atoms with van der Waals surface area (Å²) in [6, 6.07) is 15.3. The van der Waals surface area contributed by atoms with Crippen LogP contribution in [0.25, 0.3) is 0 Å². The van der Waals surface area contributed by atoms with Gasteiger partial charge in [0.1, 0.15) is 11.6 Å². The van der Waals surface area contributed by atoms with Crippen LogP contribution < -0.4 is 10.1 Å². The van der Waals surface area contributed by atoms with Crippen molar-refractivity contribution in [2.24, 2.45) is 0 Å². The van der Waals surface area contributed by atoms with Crippen LogP contribution in [0.3, 0.4) is 0 Å². The minimum Gasteiger partial charge on any atom is -0.494 e. The first-order valence-electron chi connectivity index (χ1n) is 8.71. The number of nitrogens with zero attached hydrogens (tertiary/aromatic N) is 1. The van der Waals surface area contributed by atoms with Gasteiger partial charge in [-0.2, -0.15) is 0 Å². The number of benzene rings is 2. The van der Waals surface area contributed by atoms with E-state index in [9.17, 15) is 4.39 Å². The molecule has 1 N–H and O–H groups in total. The standard InChI is InChI=1S/C20H25FN2O/c1-2-24-19-6-3-5-17(15-19)20(16-7-9-18(21)10-8-16)23-13-4-11-22-12-14-23/h3,5-10,15,20,22H,2,4,11-14H2,1H3. The molecule has 0 spiro atoms. The monoisotopic (exact) mass is 328 g/mol. The van der Waals surface area contributed by atoms with Crippen LogP contribution in [0.5, 0.6) is 5.75 Å². The largest absolute Gasteiger partial charge is 0.494 e. The molecule has 128 valence electrons. The van der Waals surface area contributed by atoms with E-state index in [0.717, 1.165) is 43.9 Å². The highest BCUT2D eigenvalue weighted by atomic mass is 19.1. The summed E-state index contributed by atoms with van der Waals surface area (Å²) in [5.41, 5.74) is 2.31. The highest BCUT2D eigenvalue weighted by molar-refractivity contribution is 5.37. The zero-order chi connectivity index (χ0) is 16.8. The van der Waals surface area contributed by atoms with Crippen molar-refractivity contribution in [1.29, 1.82) is 0 Å². The van der Waals surface area contributed by atoms with Crippen molar-refractivity contribution in [2.45, 2.75) is 19.4 Å². The van der Waals surface area contributed by atoms with Crippen molar-refractivity contribution in [3.8, 4) is 5.75 Å². The fraction of sp³-hybridized carbons (Fsp3) is 0.400. The summed E-state index contributed by atoms with van der Waals surface area (Å²) in [5, 5.41) is 3.45. The summed E-state index contributed by atoms with van der Waals surface area (Å²) >= 11 is 0. The first-order chi connectivity index (χ1) is 11.8. The number of hydrogen-bond acceptors (Lipinski definition) is 3. The summed E-state index contributed by atoms with van der Waals surface area (Å²) in [7, 11) is 0. The fourth-order valence-corrected chi connectivity index (χ4v) is 3.33. The molecule has 1 fully saturated rings. The molecular weight excluding hydrogens is 303 g/mol. The molecule has 0 bridgehead atoms. The molecule has 0 amide bonds. The van der Waals surface area contributed by atoms with Gasteiger partial charge in [-0.1, -0.05) is 24.3 Å². The number of rotatable bonds is 5. The van der Waals surface area contributed by atoms with Crippen LogP contribution >= 0.6 is 0 Å². The molecule has 0 radical (unpaired) electrons. The van der Waals surface area contributed by atoms with Gasteiger partial charge in [-0.25, -0.2) is 4.39 Å². The van der Waals surface area contributed by atoms with Crippen LogP contribution in [0.1, 0.15) is 30.5 Å². The van der Waals surface area contributed by atoms with Crippen molar-refractivity contribution in [2.75, 3.05) is 32.8 Å². The second-order valence-electron chi connectivity index (χ2n) is 6.10. The molecule has 1 unspecified atom stereocenters. The Bertz CT molecular complexity index is 636. The fourth-order valence-electron chi connectivity index (χ4n) is 3.33. The van der Waals surface area contributed by atoms with Crippen molar-refractivity contribution in [3.05, 3.63) is 65.5 Å². The Morgan fingerprint density at radius 1 is 1.08 bits per heavy atom. The molecular formula is C20H25FN2O. The summed E-state index contributed by atoms with van der Waals surface area (Å²) in [6.07, 6.45) is 1.11. The predicted octanol–water partition coefficient (Wildman–Crippen LogP) is 3.61. The number of hydrogen-bond donors (Lipinski definition) is 1. The average Bonchev–Trinajstić information content (AvgIpc) is 2.87. The lowest BCUT2D eigenvalue weighted by molar-refractivity contribution is 0.240. The average molecular weight is 328 g/mol. The molecule has 1 atom stereocenters. The number of halogens is 1. The van der Waals surface area contributed by atoms with E-state index >= 15 is 0 Å². The van der Waals surface area contributed by atoms with E-state index in [-0.39, 0.29) is 11.9 Å². The van der Waals surface area contributed by atoms with Crippen LogP contribution in [0.2, 0.25) is 0 Å². The molecule has 2 aromatic carbocycles. The van der Waals surface area contributed by atoms with E-state index in [4.69, 9.17) is 4.74 Å². The Balaban J connectivity index is 1.97. The quantitative estimate of drug-likeness (QED) is 0.907. The lowest BCUT2D eigenvalue weighted by Gasteiger charge is -2.31. The summed E-state index contributed by atoms with van der Waals surface area (Å²) in [6.45, 7) is 6.66. The van der Waals surface area contributed by atoms with Crippen LogP contribution in [-0.4, -0.2) is 37.7 Å². The van der Waals surface area contributed by atoms with Gasteiger partial charge in [-0.3, -0.25) is 4.90 Å². The van der Waals surface area contributed by atoms with Gasteiger partial charge in [0.2, 0.25) is 0 Å². The molecule has 24 heavy (non-hydrogen) atoms. The predicted molar refractivity (Wildman–Crippen MR) is 94.9 cm³/mol. The second kappa shape index (κ2) is 8.27. The summed E-state index contributed by atoms with van der Waals surface area (Å²) < 4.78 is 19.1. The van der Waals surface area contributed by atoms with Crippen LogP contribution in [0.15, 0.2) is 48.5 Å². The van der Waals surface area contributed by atoms with Gasteiger partial charge in [0.15, 0.2) is 0 Å². The lowest BCUT2D eigenvalue weighted by atomic mass is 9.96. The van der Waals surface area contributed by atoms with E-state index in [2.05, 4.69) is 22.3 Å². The van der Waals surface area contributed by atoms with Gasteiger partial charge in [0.05, 0.1) is 12.6 Å². The van der Waals surface area contributed by atoms with E-state index in [1.807, 2.05) is 31.2 Å². The molecule has 1 aliphatic rings. The van der Waals surface area contributed by atoms with E-state index in [1.54, 1.807) is 12.1 Å². The maximum absolute atomic E-state index is 13.4. The van der Waals surface area contributed by atoms with E-state index in [0.29, 0.717) is 6.61 Å². The molecule has 3 nitrogen and oxygen atoms in total. The Morgan fingerprint density at radius 3 is 2.71 bits per heavy atom. The van der Waals surface area contributed by atoms with Gasteiger partial charge < -0.3 is 10.1 Å². The zero-order valence-corrected chi connectivity index (χ0v) is 14.2. The minimum absolute atomic E-state index is 0.117. The highest BCUT2D eigenvalue weighted by Gasteiger charge is 2.23. The maximum Gasteiger partial charge on any atom is 0.123 e. The Morgan fingerprint density at radius 2 is 1.92 bits per heavy atom. The number of nitrogens with one attached hydrogen (secondary N) is 1. The third-order valence-corrected chi connectivity index (χ3v) is 4.41. The van der Waals surface area contributed by atoms with E-state index < -0.39 is 0 Å². The molecule has 3 rings (SSSR count). The highest BCUT2D eigenvalue weighted by Crippen LogP contribution is 2.31. The molecule has 2 aromatic rings. The van der Waals surface area contributed by atoms with Crippen molar-refractivity contribution in [1.82, 2.24) is 10.2 Å². The molecule has 0 saturated carbocycles. The third kappa shape index (κ3) is 4.13. The minimum atomic E-state index is -0.196. The van der Waals surface area contributed by atoms with Crippen LogP contribution in [0, 0.1) is 5.82 Å². The van der Waals surface area contributed by atoms with Crippen molar-refractivity contribution >= 4 is 0 Å². The summed E-state index contributed by atoms with van der Waals surface area (Å²) in [4.78, 5) is 2.47. The van der Waals surface area contributed by atoms with Crippen LogP contribution in [-0.2, 0) is 0 Å².